The monoisotopic (exact) mass is 337 g/mol. The third-order valence-electron chi connectivity index (χ3n) is 4.32. The standard InChI is InChI=1S/C16H20FN3O2S/c1-2-23(21,22)20-9-3-4-13(11-20)16-10-15(18-19-16)12-5-7-14(17)8-6-12/h5-8,10,13H,2-4,9,11H2,1H3,(H,18,19)/t13-/m0/s1. The van der Waals surface area contributed by atoms with Gasteiger partial charge in [0, 0.05) is 30.3 Å². The van der Waals surface area contributed by atoms with Crippen molar-refractivity contribution in [3.8, 4) is 11.3 Å². The van der Waals surface area contributed by atoms with Crippen LogP contribution in [0.2, 0.25) is 0 Å². The lowest BCUT2D eigenvalue weighted by Crippen LogP contribution is -2.39. The van der Waals surface area contributed by atoms with E-state index in [2.05, 4.69) is 10.2 Å². The molecular formula is C16H20FN3O2S. The van der Waals surface area contributed by atoms with Gasteiger partial charge in [-0.15, -0.1) is 0 Å². The van der Waals surface area contributed by atoms with Crippen molar-refractivity contribution < 1.29 is 12.8 Å². The summed E-state index contributed by atoms with van der Waals surface area (Å²) in [5, 5.41) is 7.30. The number of hydrogen-bond donors (Lipinski definition) is 1. The molecule has 2 aromatic rings. The van der Waals surface area contributed by atoms with E-state index in [1.807, 2.05) is 6.07 Å². The normalized spacial score (nSPS) is 19.8. The molecule has 1 aromatic carbocycles. The number of benzene rings is 1. The van der Waals surface area contributed by atoms with Crippen LogP contribution in [0.1, 0.15) is 31.4 Å². The van der Waals surface area contributed by atoms with Crippen LogP contribution in [0.4, 0.5) is 4.39 Å². The molecule has 1 N–H and O–H groups in total. The van der Waals surface area contributed by atoms with Gasteiger partial charge in [0.05, 0.1) is 11.4 Å². The Morgan fingerprint density at radius 2 is 2.09 bits per heavy atom. The molecule has 1 atom stereocenters. The molecule has 3 rings (SSSR count). The van der Waals surface area contributed by atoms with Gasteiger partial charge in [-0.3, -0.25) is 5.10 Å². The zero-order valence-electron chi connectivity index (χ0n) is 13.0. The lowest BCUT2D eigenvalue weighted by molar-refractivity contribution is 0.313. The summed E-state index contributed by atoms with van der Waals surface area (Å²) in [5.74, 6) is -0.0345. The highest BCUT2D eigenvalue weighted by Gasteiger charge is 2.29. The van der Waals surface area contributed by atoms with E-state index >= 15 is 0 Å². The van der Waals surface area contributed by atoms with Crippen molar-refractivity contribution in [1.29, 1.82) is 0 Å². The molecule has 0 unspecified atom stereocenters. The van der Waals surface area contributed by atoms with E-state index in [1.165, 1.54) is 12.1 Å². The van der Waals surface area contributed by atoms with Crippen molar-refractivity contribution in [2.24, 2.45) is 0 Å². The first kappa shape index (κ1) is 16.1. The van der Waals surface area contributed by atoms with E-state index in [0.29, 0.717) is 13.1 Å². The van der Waals surface area contributed by atoms with Gasteiger partial charge in [0.1, 0.15) is 5.82 Å². The minimum atomic E-state index is -3.15. The van der Waals surface area contributed by atoms with Gasteiger partial charge in [-0.1, -0.05) is 0 Å². The highest BCUT2D eigenvalue weighted by atomic mass is 32.2. The Hall–Kier alpha value is -1.73. The molecule has 124 valence electrons. The maximum atomic E-state index is 13.0. The number of aromatic nitrogens is 2. The van der Waals surface area contributed by atoms with Crippen molar-refractivity contribution in [3.05, 3.63) is 41.8 Å². The van der Waals surface area contributed by atoms with Gasteiger partial charge in [0.25, 0.3) is 0 Å². The molecule has 23 heavy (non-hydrogen) atoms. The highest BCUT2D eigenvalue weighted by molar-refractivity contribution is 7.89. The number of rotatable bonds is 4. The second kappa shape index (κ2) is 6.41. The molecule has 0 radical (unpaired) electrons. The molecule has 0 aliphatic carbocycles. The minimum absolute atomic E-state index is 0.117. The van der Waals surface area contributed by atoms with Crippen LogP contribution in [0.25, 0.3) is 11.3 Å². The van der Waals surface area contributed by atoms with Gasteiger partial charge in [0.15, 0.2) is 0 Å². The molecule has 5 nitrogen and oxygen atoms in total. The molecule has 0 bridgehead atoms. The lowest BCUT2D eigenvalue weighted by Gasteiger charge is -2.31. The maximum absolute atomic E-state index is 13.0. The number of halogens is 1. The molecule has 0 spiro atoms. The zero-order valence-corrected chi connectivity index (χ0v) is 13.8. The van der Waals surface area contributed by atoms with E-state index in [-0.39, 0.29) is 17.5 Å². The van der Waals surface area contributed by atoms with Gasteiger partial charge in [-0.25, -0.2) is 17.1 Å². The first-order chi connectivity index (χ1) is 11.0. The van der Waals surface area contributed by atoms with Gasteiger partial charge < -0.3 is 0 Å². The van der Waals surface area contributed by atoms with E-state index < -0.39 is 10.0 Å². The SMILES string of the molecule is CCS(=O)(=O)N1CCC[C@H](c2cc(-c3ccc(F)cc3)n[nH]2)C1. The molecule has 0 saturated carbocycles. The van der Waals surface area contributed by atoms with Crippen molar-refractivity contribution in [3.63, 3.8) is 0 Å². The average Bonchev–Trinajstić information content (AvgIpc) is 3.06. The summed E-state index contributed by atoms with van der Waals surface area (Å²) in [6.07, 6.45) is 1.77. The third kappa shape index (κ3) is 3.45. The Kier molecular flexibility index (Phi) is 4.50. The van der Waals surface area contributed by atoms with Gasteiger partial charge in [-0.05, 0) is 50.1 Å². The second-order valence-electron chi connectivity index (χ2n) is 5.81. The second-order valence-corrected chi connectivity index (χ2v) is 8.07. The topological polar surface area (TPSA) is 66.1 Å². The molecule has 1 aliphatic heterocycles. The quantitative estimate of drug-likeness (QED) is 0.933. The number of nitrogens with zero attached hydrogens (tertiary/aromatic N) is 2. The van der Waals surface area contributed by atoms with Crippen LogP contribution in [0, 0.1) is 5.82 Å². The van der Waals surface area contributed by atoms with Gasteiger partial charge >= 0.3 is 0 Å². The Morgan fingerprint density at radius 1 is 1.35 bits per heavy atom. The molecule has 7 heteroatoms. The van der Waals surface area contributed by atoms with E-state index in [9.17, 15) is 12.8 Å². The first-order valence-electron chi connectivity index (χ1n) is 7.78. The van der Waals surface area contributed by atoms with Gasteiger partial charge in [-0.2, -0.15) is 5.10 Å². The van der Waals surface area contributed by atoms with Crippen LogP contribution in [-0.4, -0.2) is 41.8 Å². The van der Waals surface area contributed by atoms with E-state index in [0.717, 1.165) is 29.8 Å². The molecule has 0 amide bonds. The summed E-state index contributed by atoms with van der Waals surface area (Å²) in [4.78, 5) is 0. The highest BCUT2D eigenvalue weighted by Crippen LogP contribution is 2.29. The largest absolute Gasteiger partial charge is 0.282 e. The summed E-state index contributed by atoms with van der Waals surface area (Å²) < 4.78 is 38.7. The molecule has 1 fully saturated rings. The summed E-state index contributed by atoms with van der Waals surface area (Å²) in [6, 6.07) is 8.10. The predicted molar refractivity (Wildman–Crippen MR) is 87.0 cm³/mol. The number of sulfonamides is 1. The predicted octanol–water partition coefficient (Wildman–Crippen LogP) is 2.74. The lowest BCUT2D eigenvalue weighted by atomic mass is 9.96. The zero-order chi connectivity index (χ0) is 16.4. The van der Waals surface area contributed by atoms with Crippen LogP contribution >= 0.6 is 0 Å². The molecule has 2 heterocycles. The van der Waals surface area contributed by atoms with Crippen LogP contribution in [0.5, 0.6) is 0 Å². The fraction of sp³-hybridized carbons (Fsp3) is 0.438. The van der Waals surface area contributed by atoms with Crippen molar-refractivity contribution in [1.82, 2.24) is 14.5 Å². The van der Waals surface area contributed by atoms with Crippen LogP contribution < -0.4 is 0 Å². The van der Waals surface area contributed by atoms with Crippen LogP contribution in [0.15, 0.2) is 30.3 Å². The van der Waals surface area contributed by atoms with Crippen molar-refractivity contribution in [2.45, 2.75) is 25.7 Å². The summed E-state index contributed by atoms with van der Waals surface area (Å²) in [7, 11) is -3.15. The summed E-state index contributed by atoms with van der Waals surface area (Å²) in [6.45, 7) is 2.74. The van der Waals surface area contributed by atoms with Crippen molar-refractivity contribution >= 4 is 10.0 Å². The molecule has 1 aliphatic rings. The van der Waals surface area contributed by atoms with E-state index in [1.54, 1.807) is 23.4 Å². The van der Waals surface area contributed by atoms with Gasteiger partial charge in [0.2, 0.25) is 10.0 Å². The number of hydrogen-bond acceptors (Lipinski definition) is 3. The number of H-pyrrole nitrogens is 1. The molecule has 1 aromatic heterocycles. The minimum Gasteiger partial charge on any atom is -0.282 e. The van der Waals surface area contributed by atoms with E-state index in [4.69, 9.17) is 0 Å². The average molecular weight is 337 g/mol. The smallest absolute Gasteiger partial charge is 0.213 e. The number of piperidine rings is 1. The Morgan fingerprint density at radius 3 is 2.78 bits per heavy atom. The Bertz CT molecular complexity index is 771. The fourth-order valence-corrected chi connectivity index (χ4v) is 4.13. The summed E-state index contributed by atoms with van der Waals surface area (Å²) >= 11 is 0. The molecule has 1 saturated heterocycles. The van der Waals surface area contributed by atoms with Crippen LogP contribution in [0.3, 0.4) is 0 Å². The third-order valence-corrected chi connectivity index (χ3v) is 6.17. The molecular weight excluding hydrogens is 317 g/mol. The Balaban J connectivity index is 1.79. The summed E-state index contributed by atoms with van der Waals surface area (Å²) in [5.41, 5.74) is 2.51. The number of aromatic amines is 1. The Labute approximate surface area is 135 Å². The number of nitrogens with one attached hydrogen (secondary N) is 1. The van der Waals surface area contributed by atoms with Crippen LogP contribution in [-0.2, 0) is 10.0 Å². The van der Waals surface area contributed by atoms with Crippen molar-refractivity contribution in [2.75, 3.05) is 18.8 Å². The first-order valence-corrected chi connectivity index (χ1v) is 9.39. The maximum Gasteiger partial charge on any atom is 0.213 e. The fourth-order valence-electron chi connectivity index (χ4n) is 2.95.